The molecule has 39 heavy (non-hydrogen) atoms. The summed E-state index contributed by atoms with van der Waals surface area (Å²) in [5, 5.41) is 11.9. The summed E-state index contributed by atoms with van der Waals surface area (Å²) < 4.78 is 38.5. The van der Waals surface area contributed by atoms with Crippen LogP contribution in [0.15, 0.2) is 70.9 Å². The first-order chi connectivity index (χ1) is 18.7. The van der Waals surface area contributed by atoms with Gasteiger partial charge in [-0.1, -0.05) is 29.8 Å². The zero-order chi connectivity index (χ0) is 27.7. The first-order valence-electron chi connectivity index (χ1n) is 11.4. The number of thioether (sulfide) groups is 1. The van der Waals surface area contributed by atoms with Gasteiger partial charge in [0.15, 0.2) is 16.6 Å². The average molecular weight is 604 g/mol. The molecular formula is C26H22ClN3O6S3. The predicted molar refractivity (Wildman–Crippen MR) is 154 cm³/mol. The van der Waals surface area contributed by atoms with Gasteiger partial charge in [-0.05, 0) is 42.0 Å². The number of methoxy groups -OCH3 is 2. The molecule has 0 saturated carbocycles. The molecule has 1 amide bonds. The van der Waals surface area contributed by atoms with Gasteiger partial charge in [-0.25, -0.2) is 13.4 Å². The Balaban J connectivity index is 1.35. The predicted octanol–water partition coefficient (Wildman–Crippen LogP) is 5.77. The van der Waals surface area contributed by atoms with Gasteiger partial charge in [0.25, 0.3) is 10.0 Å². The first-order valence-corrected chi connectivity index (χ1v) is 15.2. The second-order valence-corrected chi connectivity index (χ2v) is 12.4. The van der Waals surface area contributed by atoms with Crippen LogP contribution >= 0.6 is 34.7 Å². The van der Waals surface area contributed by atoms with Crippen LogP contribution in [0.4, 0.5) is 10.8 Å². The van der Waals surface area contributed by atoms with Gasteiger partial charge in [0, 0.05) is 22.7 Å². The molecule has 1 aromatic heterocycles. The number of phenolic OH excluding ortho intramolecular Hbond substituents is 1. The summed E-state index contributed by atoms with van der Waals surface area (Å²) in [6.07, 6.45) is 0. The number of carbonyl (C=O) groups is 1. The maximum atomic E-state index is 12.9. The highest BCUT2D eigenvalue weighted by atomic mass is 35.5. The summed E-state index contributed by atoms with van der Waals surface area (Å²) in [5.74, 6) is 0.914. The van der Waals surface area contributed by atoms with Gasteiger partial charge in [-0.15, -0.1) is 23.1 Å². The van der Waals surface area contributed by atoms with Crippen molar-refractivity contribution in [2.75, 3.05) is 29.6 Å². The molecule has 0 aliphatic carbocycles. The Labute approximate surface area is 238 Å². The van der Waals surface area contributed by atoms with E-state index >= 15 is 0 Å². The van der Waals surface area contributed by atoms with Gasteiger partial charge in [0.2, 0.25) is 5.91 Å². The molecule has 1 fully saturated rings. The molecule has 5 rings (SSSR count). The highest BCUT2D eigenvalue weighted by Gasteiger charge is 2.34. The van der Waals surface area contributed by atoms with Crippen LogP contribution in [-0.4, -0.2) is 44.4 Å². The van der Waals surface area contributed by atoms with E-state index in [1.165, 1.54) is 44.2 Å². The van der Waals surface area contributed by atoms with E-state index in [1.807, 2.05) is 24.3 Å². The fraction of sp³-hybridized carbons (Fsp3) is 0.154. The number of ether oxygens (including phenoxy) is 2. The molecule has 1 saturated heterocycles. The third-order valence-electron chi connectivity index (χ3n) is 5.96. The molecule has 1 aliphatic heterocycles. The van der Waals surface area contributed by atoms with Crippen LogP contribution < -0.4 is 19.1 Å². The van der Waals surface area contributed by atoms with Gasteiger partial charge in [0.05, 0.1) is 35.6 Å². The normalized spacial score (nSPS) is 15.4. The number of carbonyl (C=O) groups excluding carboxylic acids is 1. The maximum Gasteiger partial charge on any atom is 0.263 e. The molecule has 0 radical (unpaired) electrons. The lowest BCUT2D eigenvalue weighted by Crippen LogP contribution is -2.27. The van der Waals surface area contributed by atoms with E-state index in [-0.39, 0.29) is 32.8 Å². The minimum atomic E-state index is -3.91. The molecule has 2 N–H and O–H groups in total. The van der Waals surface area contributed by atoms with Crippen LogP contribution in [0.25, 0.3) is 11.3 Å². The van der Waals surface area contributed by atoms with Crippen LogP contribution in [-0.2, 0) is 14.8 Å². The van der Waals surface area contributed by atoms with Crippen molar-refractivity contribution in [1.82, 2.24) is 4.98 Å². The highest BCUT2D eigenvalue weighted by Crippen LogP contribution is 2.44. The summed E-state index contributed by atoms with van der Waals surface area (Å²) in [4.78, 5) is 18.9. The molecule has 3 aromatic carbocycles. The quantitative estimate of drug-likeness (QED) is 0.261. The topological polar surface area (TPSA) is 118 Å². The van der Waals surface area contributed by atoms with Gasteiger partial charge < -0.3 is 14.6 Å². The summed E-state index contributed by atoms with van der Waals surface area (Å²) in [5.41, 5.74) is 2.88. The van der Waals surface area contributed by atoms with Crippen molar-refractivity contribution in [3.8, 4) is 28.5 Å². The second kappa shape index (κ2) is 11.0. The second-order valence-electron chi connectivity index (χ2n) is 8.35. The number of nitrogens with one attached hydrogen (secondary N) is 1. The van der Waals surface area contributed by atoms with Crippen LogP contribution in [0.5, 0.6) is 17.2 Å². The smallest absolute Gasteiger partial charge is 0.263 e. The van der Waals surface area contributed by atoms with Crippen molar-refractivity contribution >= 4 is 61.4 Å². The van der Waals surface area contributed by atoms with E-state index in [4.69, 9.17) is 21.1 Å². The Kier molecular flexibility index (Phi) is 7.63. The molecule has 9 nitrogen and oxygen atoms in total. The van der Waals surface area contributed by atoms with E-state index in [2.05, 4.69) is 9.71 Å². The zero-order valence-corrected chi connectivity index (χ0v) is 23.8. The SMILES string of the molecule is COc1cc(C2SCC(=O)N2c2ccc(-c3csc(NS(=O)(=O)c4ccc(Cl)c(OC)c4)n3)cc2)ccc1O. The molecular weight excluding hydrogens is 582 g/mol. The number of rotatable bonds is 8. The molecule has 1 atom stereocenters. The number of phenols is 1. The Morgan fingerprint density at radius 3 is 2.51 bits per heavy atom. The molecule has 13 heteroatoms. The molecule has 1 unspecified atom stereocenters. The van der Waals surface area contributed by atoms with Gasteiger partial charge in [-0.3, -0.25) is 14.4 Å². The monoisotopic (exact) mass is 603 g/mol. The molecule has 0 spiro atoms. The van der Waals surface area contributed by atoms with Crippen molar-refractivity contribution < 1.29 is 27.8 Å². The minimum absolute atomic E-state index is 0.00111. The molecule has 1 aliphatic rings. The lowest BCUT2D eigenvalue weighted by Gasteiger charge is -2.25. The van der Waals surface area contributed by atoms with E-state index < -0.39 is 10.0 Å². The molecule has 2 heterocycles. The van der Waals surface area contributed by atoms with E-state index in [9.17, 15) is 18.3 Å². The van der Waals surface area contributed by atoms with E-state index in [0.29, 0.717) is 27.9 Å². The zero-order valence-electron chi connectivity index (χ0n) is 20.6. The van der Waals surface area contributed by atoms with Crippen molar-refractivity contribution in [1.29, 1.82) is 0 Å². The number of hydrogen-bond acceptors (Lipinski definition) is 9. The number of amides is 1. The van der Waals surface area contributed by atoms with Crippen LogP contribution in [0.3, 0.4) is 0 Å². The number of thiazole rings is 1. The summed E-state index contributed by atoms with van der Waals surface area (Å²) >= 11 is 8.65. The summed E-state index contributed by atoms with van der Waals surface area (Å²) in [7, 11) is -1.02. The standard InChI is InChI=1S/C26H22ClN3O6S3/c1-35-22-12-18(8-9-19(22)27)39(33,34)29-26-28-20(13-38-26)15-3-6-17(7-4-15)30-24(32)14-37-25(30)16-5-10-21(31)23(11-16)36-2/h3-13,25,31H,14H2,1-2H3,(H,28,29). The number of halogens is 1. The Hall–Kier alpha value is -3.45. The number of sulfonamides is 1. The highest BCUT2D eigenvalue weighted by molar-refractivity contribution is 8.00. The third kappa shape index (κ3) is 5.50. The van der Waals surface area contributed by atoms with Crippen LogP contribution in [0.2, 0.25) is 5.02 Å². The lowest BCUT2D eigenvalue weighted by molar-refractivity contribution is -0.115. The van der Waals surface area contributed by atoms with Gasteiger partial charge >= 0.3 is 0 Å². The lowest BCUT2D eigenvalue weighted by atomic mass is 10.1. The van der Waals surface area contributed by atoms with Gasteiger partial charge in [-0.2, -0.15) is 0 Å². The van der Waals surface area contributed by atoms with Crippen molar-refractivity contribution in [2.24, 2.45) is 0 Å². The molecule has 0 bridgehead atoms. The van der Waals surface area contributed by atoms with Crippen LogP contribution in [0.1, 0.15) is 10.9 Å². The molecule has 202 valence electrons. The number of anilines is 2. The van der Waals surface area contributed by atoms with E-state index in [0.717, 1.165) is 22.5 Å². The maximum absolute atomic E-state index is 12.9. The van der Waals surface area contributed by atoms with Crippen LogP contribution in [0, 0.1) is 0 Å². The molecule has 4 aromatic rings. The number of hydrogen-bond donors (Lipinski definition) is 2. The Morgan fingerprint density at radius 1 is 1.05 bits per heavy atom. The van der Waals surface area contributed by atoms with Gasteiger partial charge in [0.1, 0.15) is 11.1 Å². The Morgan fingerprint density at radius 2 is 1.79 bits per heavy atom. The third-order valence-corrected chi connectivity index (χ3v) is 9.70. The average Bonchev–Trinajstić information content (AvgIpc) is 3.55. The number of aromatic nitrogens is 1. The Bertz CT molecular complexity index is 1640. The summed E-state index contributed by atoms with van der Waals surface area (Å²) in [6.45, 7) is 0. The fourth-order valence-electron chi connectivity index (χ4n) is 4.02. The minimum Gasteiger partial charge on any atom is -0.504 e. The number of benzene rings is 3. The first kappa shape index (κ1) is 27.1. The van der Waals surface area contributed by atoms with Crippen molar-refractivity contribution in [3.63, 3.8) is 0 Å². The van der Waals surface area contributed by atoms with Crippen molar-refractivity contribution in [2.45, 2.75) is 10.3 Å². The largest absolute Gasteiger partial charge is 0.504 e. The van der Waals surface area contributed by atoms with E-state index in [1.54, 1.807) is 28.5 Å². The number of nitrogens with zero attached hydrogens (tertiary/aromatic N) is 2. The van der Waals surface area contributed by atoms with Crippen molar-refractivity contribution in [3.05, 3.63) is 76.6 Å². The fourth-order valence-corrected chi connectivity index (χ4v) is 7.37. The number of aromatic hydroxyl groups is 1. The summed E-state index contributed by atoms with van der Waals surface area (Å²) in [6, 6.07) is 16.6.